The number of rotatable bonds is 2. The lowest BCUT2D eigenvalue weighted by molar-refractivity contribution is -0.129. The van der Waals surface area contributed by atoms with Gasteiger partial charge in [0.25, 0.3) is 0 Å². The van der Waals surface area contributed by atoms with Gasteiger partial charge in [-0.3, -0.25) is 9.78 Å². The fraction of sp³-hybridized carbons (Fsp3) is 0.538. The number of amides is 1. The van der Waals surface area contributed by atoms with E-state index in [1.54, 1.807) is 30.3 Å². The molecule has 1 fully saturated rings. The number of likely N-dealkylation sites (N-methyl/N-ethyl adjacent to an activating group) is 1. The van der Waals surface area contributed by atoms with E-state index in [9.17, 15) is 13.2 Å². The number of carbonyl (C=O) groups excluding carboxylic acids is 1. The van der Waals surface area contributed by atoms with E-state index in [1.807, 2.05) is 0 Å². The Balaban J connectivity index is 2.39. The van der Waals surface area contributed by atoms with Gasteiger partial charge in [0, 0.05) is 38.4 Å². The highest BCUT2D eigenvalue weighted by atomic mass is 32.2. The summed E-state index contributed by atoms with van der Waals surface area (Å²) in [7, 11) is -1.54. The number of sulfone groups is 1. The molecule has 19 heavy (non-hydrogen) atoms. The Morgan fingerprint density at radius 3 is 2.84 bits per heavy atom. The number of hydrogen-bond acceptors (Lipinski definition) is 4. The van der Waals surface area contributed by atoms with Gasteiger partial charge in [0.2, 0.25) is 5.91 Å². The van der Waals surface area contributed by atoms with Crippen LogP contribution < -0.4 is 0 Å². The van der Waals surface area contributed by atoms with Gasteiger partial charge >= 0.3 is 0 Å². The zero-order valence-corrected chi connectivity index (χ0v) is 12.0. The second-order valence-electron chi connectivity index (χ2n) is 5.02. The smallest absolute Gasteiger partial charge is 0.222 e. The number of pyridine rings is 1. The van der Waals surface area contributed by atoms with Gasteiger partial charge in [-0.2, -0.15) is 0 Å². The van der Waals surface area contributed by atoms with E-state index in [1.165, 1.54) is 6.26 Å². The van der Waals surface area contributed by atoms with E-state index in [0.29, 0.717) is 18.7 Å². The average Bonchev–Trinajstić information content (AvgIpc) is 2.51. The Kier molecular flexibility index (Phi) is 3.89. The van der Waals surface area contributed by atoms with Gasteiger partial charge in [-0.1, -0.05) is 0 Å². The normalized spacial score (nSPS) is 21.3. The molecule has 0 aromatic carbocycles. The molecule has 1 saturated heterocycles. The topological polar surface area (TPSA) is 67.3 Å². The Morgan fingerprint density at radius 2 is 2.16 bits per heavy atom. The molecule has 2 heterocycles. The van der Waals surface area contributed by atoms with Crippen molar-refractivity contribution >= 4 is 15.7 Å². The first kappa shape index (κ1) is 14.0. The molecule has 5 nitrogen and oxygen atoms in total. The molecule has 2 rings (SSSR count). The van der Waals surface area contributed by atoms with Crippen molar-refractivity contribution < 1.29 is 13.2 Å². The monoisotopic (exact) mass is 282 g/mol. The van der Waals surface area contributed by atoms with E-state index >= 15 is 0 Å². The van der Waals surface area contributed by atoms with Crippen LogP contribution in [-0.2, 0) is 14.6 Å². The lowest BCUT2D eigenvalue weighted by Crippen LogP contribution is -2.29. The summed E-state index contributed by atoms with van der Waals surface area (Å²) < 4.78 is 23.6. The van der Waals surface area contributed by atoms with Crippen LogP contribution in [0.25, 0.3) is 0 Å². The number of nitrogens with zero attached hydrogens (tertiary/aromatic N) is 2. The second-order valence-corrected chi connectivity index (χ2v) is 7.01. The third kappa shape index (κ3) is 3.12. The number of aromatic nitrogens is 1. The maximum atomic E-state index is 11.8. The number of hydrogen-bond donors (Lipinski definition) is 0. The molecule has 0 bridgehead atoms. The first-order chi connectivity index (χ1) is 8.89. The van der Waals surface area contributed by atoms with Crippen LogP contribution in [0, 0.1) is 0 Å². The SMILES string of the molecule is CN1CC(c2ncccc2S(C)(=O)=O)CCCC1=O. The average molecular weight is 282 g/mol. The molecule has 1 aromatic heterocycles. The third-order valence-electron chi connectivity index (χ3n) is 3.45. The molecule has 1 aliphatic heterocycles. The standard InChI is InChI=1S/C13H18N2O3S/c1-15-9-10(5-3-7-12(15)16)13-11(19(2,17)18)6-4-8-14-13/h4,6,8,10H,3,5,7,9H2,1-2H3. The first-order valence-electron chi connectivity index (χ1n) is 6.28. The molecule has 0 aliphatic carbocycles. The van der Waals surface area contributed by atoms with Crippen molar-refractivity contribution in [2.75, 3.05) is 19.8 Å². The summed E-state index contributed by atoms with van der Waals surface area (Å²) in [5.74, 6) is 0.0988. The quantitative estimate of drug-likeness (QED) is 0.817. The Morgan fingerprint density at radius 1 is 1.42 bits per heavy atom. The van der Waals surface area contributed by atoms with Gasteiger partial charge in [0.05, 0.1) is 10.6 Å². The van der Waals surface area contributed by atoms with Crippen LogP contribution >= 0.6 is 0 Å². The Labute approximate surface area is 113 Å². The van der Waals surface area contributed by atoms with Crippen LogP contribution in [0.1, 0.15) is 30.9 Å². The molecule has 1 unspecified atom stereocenters. The minimum absolute atomic E-state index is 0.0117. The van der Waals surface area contributed by atoms with E-state index in [4.69, 9.17) is 0 Å². The summed E-state index contributed by atoms with van der Waals surface area (Å²) in [5, 5.41) is 0. The molecule has 0 N–H and O–H groups in total. The summed E-state index contributed by atoms with van der Waals surface area (Å²) in [4.78, 5) is 17.9. The summed E-state index contributed by atoms with van der Waals surface area (Å²) in [6, 6.07) is 3.22. The first-order valence-corrected chi connectivity index (χ1v) is 8.17. The summed E-state index contributed by atoms with van der Waals surface area (Å²) >= 11 is 0. The summed E-state index contributed by atoms with van der Waals surface area (Å²) in [6.45, 7) is 0.526. The molecule has 104 valence electrons. The van der Waals surface area contributed by atoms with Gasteiger partial charge in [0.15, 0.2) is 9.84 Å². The van der Waals surface area contributed by atoms with Gasteiger partial charge in [-0.15, -0.1) is 0 Å². The molecule has 1 aliphatic rings. The van der Waals surface area contributed by atoms with Gasteiger partial charge in [0.1, 0.15) is 0 Å². The van der Waals surface area contributed by atoms with Crippen molar-refractivity contribution in [3.8, 4) is 0 Å². The minimum atomic E-state index is -3.29. The maximum Gasteiger partial charge on any atom is 0.222 e. The highest BCUT2D eigenvalue weighted by Crippen LogP contribution is 2.29. The van der Waals surface area contributed by atoms with Crippen LogP contribution in [0.2, 0.25) is 0 Å². The van der Waals surface area contributed by atoms with Crippen LogP contribution in [0.5, 0.6) is 0 Å². The van der Waals surface area contributed by atoms with Gasteiger partial charge in [-0.25, -0.2) is 8.42 Å². The summed E-state index contributed by atoms with van der Waals surface area (Å²) in [5.41, 5.74) is 0.589. The summed E-state index contributed by atoms with van der Waals surface area (Å²) in [6.07, 6.45) is 4.88. The minimum Gasteiger partial charge on any atom is -0.345 e. The zero-order chi connectivity index (χ0) is 14.0. The molecule has 1 aromatic rings. The molecular weight excluding hydrogens is 264 g/mol. The lowest BCUT2D eigenvalue weighted by atomic mass is 9.99. The lowest BCUT2D eigenvalue weighted by Gasteiger charge is -2.21. The molecule has 1 atom stereocenters. The molecule has 0 radical (unpaired) electrons. The zero-order valence-electron chi connectivity index (χ0n) is 11.2. The fourth-order valence-electron chi connectivity index (χ4n) is 2.46. The van der Waals surface area contributed by atoms with E-state index in [-0.39, 0.29) is 16.7 Å². The molecule has 6 heteroatoms. The maximum absolute atomic E-state index is 11.8. The van der Waals surface area contributed by atoms with Crippen molar-refractivity contribution in [1.82, 2.24) is 9.88 Å². The molecular formula is C13H18N2O3S. The van der Waals surface area contributed by atoms with E-state index < -0.39 is 9.84 Å². The number of likely N-dealkylation sites (tertiary alicyclic amines) is 1. The van der Waals surface area contributed by atoms with Gasteiger partial charge in [-0.05, 0) is 25.0 Å². The van der Waals surface area contributed by atoms with Crippen molar-refractivity contribution in [1.29, 1.82) is 0 Å². The predicted molar refractivity (Wildman–Crippen MR) is 71.6 cm³/mol. The largest absolute Gasteiger partial charge is 0.345 e. The van der Waals surface area contributed by atoms with Gasteiger partial charge < -0.3 is 4.90 Å². The van der Waals surface area contributed by atoms with Crippen LogP contribution in [0.3, 0.4) is 0 Å². The molecule has 0 spiro atoms. The Bertz CT molecular complexity index is 583. The molecule has 1 amide bonds. The highest BCUT2D eigenvalue weighted by molar-refractivity contribution is 7.90. The predicted octanol–water partition coefficient (Wildman–Crippen LogP) is 1.21. The van der Waals surface area contributed by atoms with Crippen molar-refractivity contribution in [3.63, 3.8) is 0 Å². The van der Waals surface area contributed by atoms with Crippen molar-refractivity contribution in [3.05, 3.63) is 24.0 Å². The Hall–Kier alpha value is -1.43. The van der Waals surface area contributed by atoms with Crippen molar-refractivity contribution in [2.24, 2.45) is 0 Å². The third-order valence-corrected chi connectivity index (χ3v) is 4.59. The second kappa shape index (κ2) is 5.28. The van der Waals surface area contributed by atoms with Crippen LogP contribution in [0.4, 0.5) is 0 Å². The number of carbonyl (C=O) groups is 1. The molecule has 0 saturated carbocycles. The fourth-order valence-corrected chi connectivity index (χ4v) is 3.39. The van der Waals surface area contributed by atoms with Crippen LogP contribution in [0.15, 0.2) is 23.2 Å². The van der Waals surface area contributed by atoms with E-state index in [2.05, 4.69) is 4.98 Å². The van der Waals surface area contributed by atoms with E-state index in [0.717, 1.165) is 12.8 Å². The van der Waals surface area contributed by atoms with Crippen LogP contribution in [-0.4, -0.2) is 44.1 Å². The van der Waals surface area contributed by atoms with Crippen molar-refractivity contribution in [2.45, 2.75) is 30.1 Å². The highest BCUT2D eigenvalue weighted by Gasteiger charge is 2.26.